The molecule has 1 saturated heterocycles. The van der Waals surface area contributed by atoms with Gasteiger partial charge in [-0.3, -0.25) is 9.36 Å². The molecular formula is C16H20N8O5. The van der Waals surface area contributed by atoms with Gasteiger partial charge in [0.05, 0.1) is 31.0 Å². The van der Waals surface area contributed by atoms with Crippen LogP contribution < -0.4 is 10.6 Å². The highest BCUT2D eigenvalue weighted by Gasteiger charge is 2.44. The molecular weight excluding hydrogens is 384 g/mol. The van der Waals surface area contributed by atoms with Gasteiger partial charge in [0.25, 0.3) is 5.95 Å². The molecule has 13 heteroatoms. The first kappa shape index (κ1) is 19.2. The fourth-order valence-electron chi connectivity index (χ4n) is 3.21. The number of fused-ring (bicyclic) bond motifs is 1. The molecule has 13 nitrogen and oxygen atoms in total. The molecule has 0 aromatic carbocycles. The second kappa shape index (κ2) is 7.36. The van der Waals surface area contributed by atoms with Gasteiger partial charge in [-0.1, -0.05) is 0 Å². The summed E-state index contributed by atoms with van der Waals surface area (Å²) in [6.45, 7) is 1.84. The van der Waals surface area contributed by atoms with Crippen LogP contribution in [-0.2, 0) is 9.53 Å². The number of amides is 1. The summed E-state index contributed by atoms with van der Waals surface area (Å²) in [4.78, 5) is 25.3. The van der Waals surface area contributed by atoms with Crippen molar-refractivity contribution in [1.82, 2.24) is 29.3 Å². The van der Waals surface area contributed by atoms with Crippen LogP contribution in [-0.4, -0.2) is 82.5 Å². The number of carbonyl (C=O) groups excluding carboxylic acids is 1. The Bertz CT molecular complexity index is 1040. The summed E-state index contributed by atoms with van der Waals surface area (Å²) < 4.78 is 8.31. The van der Waals surface area contributed by atoms with Crippen molar-refractivity contribution < 1.29 is 24.9 Å². The van der Waals surface area contributed by atoms with Gasteiger partial charge in [-0.05, 0) is 6.92 Å². The Morgan fingerprint density at radius 1 is 1.34 bits per heavy atom. The first-order valence-corrected chi connectivity index (χ1v) is 8.88. The van der Waals surface area contributed by atoms with Crippen LogP contribution in [0.2, 0.25) is 0 Å². The summed E-state index contributed by atoms with van der Waals surface area (Å²) in [5.41, 5.74) is 7.10. The van der Waals surface area contributed by atoms with Crippen LogP contribution >= 0.6 is 0 Å². The minimum Gasteiger partial charge on any atom is -0.394 e. The van der Waals surface area contributed by atoms with E-state index in [1.807, 2.05) is 6.92 Å². The van der Waals surface area contributed by atoms with E-state index < -0.39 is 31.1 Å². The van der Waals surface area contributed by atoms with Crippen LogP contribution in [0.25, 0.3) is 17.1 Å². The van der Waals surface area contributed by atoms with Crippen molar-refractivity contribution in [2.45, 2.75) is 31.5 Å². The average molecular weight is 404 g/mol. The Morgan fingerprint density at radius 2 is 2.14 bits per heavy atom. The van der Waals surface area contributed by atoms with Crippen molar-refractivity contribution in [3.8, 4) is 5.95 Å². The Kier molecular flexibility index (Phi) is 4.87. The maximum atomic E-state index is 11.1. The largest absolute Gasteiger partial charge is 0.394 e. The van der Waals surface area contributed by atoms with Crippen LogP contribution in [0.15, 0.2) is 18.7 Å². The minimum atomic E-state index is -1.30. The minimum absolute atomic E-state index is 0.0790. The van der Waals surface area contributed by atoms with E-state index in [4.69, 9.17) is 10.5 Å². The number of hydrogen-bond donors (Lipinski definition) is 4. The average Bonchev–Trinajstić information content (AvgIpc) is 3.42. The van der Waals surface area contributed by atoms with Crippen LogP contribution in [0.5, 0.6) is 0 Å². The fraction of sp³-hybridized carbons (Fsp3) is 0.438. The molecule has 0 spiro atoms. The van der Waals surface area contributed by atoms with Gasteiger partial charge in [-0.25, -0.2) is 9.67 Å². The molecule has 1 fully saturated rings. The number of ether oxygens (including phenoxy) is 1. The zero-order valence-corrected chi connectivity index (χ0v) is 15.4. The molecule has 5 N–H and O–H groups in total. The zero-order valence-electron chi connectivity index (χ0n) is 15.4. The van der Waals surface area contributed by atoms with Crippen LogP contribution in [0.1, 0.15) is 13.2 Å². The third-order valence-electron chi connectivity index (χ3n) is 4.80. The molecule has 4 rings (SSSR count). The highest BCUT2D eigenvalue weighted by molar-refractivity contribution is 5.82. The number of carbonyl (C=O) groups is 1. The normalized spacial score (nSPS) is 24.3. The number of rotatable bonds is 6. The lowest BCUT2D eigenvalue weighted by atomic mass is 10.1. The number of aromatic nitrogens is 6. The first-order valence-electron chi connectivity index (χ1n) is 8.88. The van der Waals surface area contributed by atoms with Gasteiger partial charge in [0.2, 0.25) is 6.41 Å². The molecule has 4 heterocycles. The Labute approximate surface area is 164 Å². The summed E-state index contributed by atoms with van der Waals surface area (Å²) in [7, 11) is 0. The van der Waals surface area contributed by atoms with Gasteiger partial charge < -0.3 is 30.7 Å². The molecule has 1 aliphatic heterocycles. The number of nitrogens with two attached hydrogens (primary N) is 1. The maximum Gasteiger partial charge on any atom is 0.254 e. The molecule has 0 radical (unpaired) electrons. The van der Waals surface area contributed by atoms with Crippen molar-refractivity contribution in [2.75, 3.05) is 23.8 Å². The second-order valence-electron chi connectivity index (χ2n) is 6.50. The molecule has 1 aliphatic rings. The molecule has 0 bridgehead atoms. The van der Waals surface area contributed by atoms with E-state index in [0.29, 0.717) is 18.6 Å². The standard InChI is InChI=1S/C16H20N8O5/c1-2-22(7-26)8-3-19-24(4-8)16-20-13(17)10-14(21-16)23(6-18-10)15-12(28)11(27)9(5-25)29-15/h3-4,6-7,9,11-12,15,25,27-28H,2,5H2,1H3,(H2,17,20,21)/t9-,11-,12-,15-/m1/s1. The van der Waals surface area contributed by atoms with Crippen molar-refractivity contribution >= 4 is 29.1 Å². The molecule has 0 unspecified atom stereocenters. The van der Waals surface area contributed by atoms with Gasteiger partial charge in [-0.15, -0.1) is 0 Å². The Hall–Kier alpha value is -3.13. The van der Waals surface area contributed by atoms with Crippen LogP contribution in [0, 0.1) is 0 Å². The lowest BCUT2D eigenvalue weighted by Crippen LogP contribution is -2.33. The molecule has 29 heavy (non-hydrogen) atoms. The molecule has 0 saturated carbocycles. The van der Waals surface area contributed by atoms with Crippen LogP contribution in [0.3, 0.4) is 0 Å². The summed E-state index contributed by atoms with van der Waals surface area (Å²) in [5, 5.41) is 33.8. The highest BCUT2D eigenvalue weighted by Crippen LogP contribution is 2.32. The number of imidazole rings is 1. The molecule has 0 aliphatic carbocycles. The molecule has 1 amide bonds. The van der Waals surface area contributed by atoms with E-state index in [0.717, 1.165) is 0 Å². The van der Waals surface area contributed by atoms with E-state index in [2.05, 4.69) is 20.1 Å². The van der Waals surface area contributed by atoms with Crippen LogP contribution in [0.4, 0.5) is 11.5 Å². The lowest BCUT2D eigenvalue weighted by Gasteiger charge is -2.16. The van der Waals surface area contributed by atoms with Crippen molar-refractivity contribution in [3.63, 3.8) is 0 Å². The van der Waals surface area contributed by atoms with Crippen molar-refractivity contribution in [2.24, 2.45) is 0 Å². The maximum absolute atomic E-state index is 11.1. The van der Waals surface area contributed by atoms with Crippen molar-refractivity contribution in [3.05, 3.63) is 18.7 Å². The predicted octanol–water partition coefficient (Wildman–Crippen LogP) is -1.81. The number of aliphatic hydroxyl groups is 3. The zero-order chi connectivity index (χ0) is 20.7. The van der Waals surface area contributed by atoms with E-state index in [1.54, 1.807) is 6.20 Å². The molecule has 154 valence electrons. The Balaban J connectivity index is 1.76. The summed E-state index contributed by atoms with van der Waals surface area (Å²) in [6.07, 6.45) is 0.591. The fourth-order valence-corrected chi connectivity index (χ4v) is 3.21. The second-order valence-corrected chi connectivity index (χ2v) is 6.50. The van der Waals surface area contributed by atoms with E-state index in [9.17, 15) is 20.1 Å². The predicted molar refractivity (Wildman–Crippen MR) is 99.0 cm³/mol. The number of hydrogen-bond acceptors (Lipinski definition) is 10. The van der Waals surface area contributed by atoms with E-state index in [-0.39, 0.29) is 22.9 Å². The summed E-state index contributed by atoms with van der Waals surface area (Å²) >= 11 is 0. The van der Waals surface area contributed by atoms with Gasteiger partial charge >= 0.3 is 0 Å². The third-order valence-corrected chi connectivity index (χ3v) is 4.80. The highest BCUT2D eigenvalue weighted by atomic mass is 16.6. The number of anilines is 2. The van der Waals surface area contributed by atoms with E-state index >= 15 is 0 Å². The number of nitrogens with zero attached hydrogens (tertiary/aromatic N) is 7. The molecule has 3 aromatic heterocycles. The van der Waals surface area contributed by atoms with Gasteiger partial charge in [-0.2, -0.15) is 15.1 Å². The monoisotopic (exact) mass is 404 g/mol. The van der Waals surface area contributed by atoms with Gasteiger partial charge in [0.15, 0.2) is 17.7 Å². The topological polar surface area (TPSA) is 178 Å². The summed E-state index contributed by atoms with van der Waals surface area (Å²) in [5.74, 6) is 0.201. The Morgan fingerprint density at radius 3 is 2.79 bits per heavy atom. The third kappa shape index (κ3) is 3.09. The first-order chi connectivity index (χ1) is 14.0. The quantitative estimate of drug-likeness (QED) is 0.342. The van der Waals surface area contributed by atoms with Gasteiger partial charge in [0, 0.05) is 6.54 Å². The lowest BCUT2D eigenvalue weighted by molar-refractivity contribution is -0.107. The molecule has 4 atom stereocenters. The SMILES string of the molecule is CCN(C=O)c1cnn(-c2nc(N)c3ncn([C@@H]4O[C@H](CO)[C@@H](O)[C@H]4O)c3n2)c1. The van der Waals surface area contributed by atoms with Gasteiger partial charge in [0.1, 0.15) is 23.8 Å². The summed E-state index contributed by atoms with van der Waals surface area (Å²) in [6, 6.07) is 0. The van der Waals surface area contributed by atoms with Crippen molar-refractivity contribution in [1.29, 1.82) is 0 Å². The smallest absolute Gasteiger partial charge is 0.254 e. The molecule has 3 aromatic rings. The van der Waals surface area contributed by atoms with E-state index in [1.165, 1.54) is 26.7 Å². The number of aliphatic hydroxyl groups excluding tert-OH is 3. The number of nitrogen functional groups attached to an aromatic ring is 1.